The van der Waals surface area contributed by atoms with Crippen LogP contribution >= 0.6 is 23.1 Å². The summed E-state index contributed by atoms with van der Waals surface area (Å²) < 4.78 is 19.4. The number of thioether (sulfide) groups is 1. The molecule has 1 atom stereocenters. The monoisotopic (exact) mass is 428 g/mol. The standard InChI is InChI=1S/C22H21FN2O2S2/c1-14-2-5-17(6-3-14)27-12-22-24-16(13-29-22)11-21(26)25-19-8-9-28-20-7-4-15(23)10-18(19)20/h2-7,10,13,19H,8-9,11-12H2,1H3,(H,25,26). The third-order valence-corrected chi connectivity index (χ3v) is 6.66. The van der Waals surface area contributed by atoms with Crippen molar-refractivity contribution in [3.63, 3.8) is 0 Å². The van der Waals surface area contributed by atoms with Gasteiger partial charge in [-0.1, -0.05) is 17.7 Å². The van der Waals surface area contributed by atoms with E-state index >= 15 is 0 Å². The molecule has 3 aromatic rings. The summed E-state index contributed by atoms with van der Waals surface area (Å²) in [4.78, 5) is 18.1. The van der Waals surface area contributed by atoms with Gasteiger partial charge in [-0.15, -0.1) is 23.1 Å². The summed E-state index contributed by atoms with van der Waals surface area (Å²) in [6.07, 6.45) is 0.995. The van der Waals surface area contributed by atoms with Crippen LogP contribution in [0.15, 0.2) is 52.7 Å². The molecule has 29 heavy (non-hydrogen) atoms. The lowest BCUT2D eigenvalue weighted by molar-refractivity contribution is -0.121. The number of aryl methyl sites for hydroxylation is 1. The molecule has 0 aliphatic carbocycles. The van der Waals surface area contributed by atoms with Crippen molar-refractivity contribution >= 4 is 29.0 Å². The van der Waals surface area contributed by atoms with Gasteiger partial charge in [-0.05, 0) is 49.2 Å². The summed E-state index contributed by atoms with van der Waals surface area (Å²) >= 11 is 3.18. The highest BCUT2D eigenvalue weighted by atomic mass is 32.2. The number of nitrogens with one attached hydrogen (secondary N) is 1. The van der Waals surface area contributed by atoms with Crippen molar-refractivity contribution in [3.05, 3.63) is 75.5 Å². The maximum Gasteiger partial charge on any atom is 0.226 e. The smallest absolute Gasteiger partial charge is 0.226 e. The Bertz CT molecular complexity index is 1000. The lowest BCUT2D eigenvalue weighted by Crippen LogP contribution is -2.32. The Morgan fingerprint density at radius 2 is 2.10 bits per heavy atom. The lowest BCUT2D eigenvalue weighted by atomic mass is 10.0. The maximum absolute atomic E-state index is 13.6. The topological polar surface area (TPSA) is 51.2 Å². The number of carbonyl (C=O) groups is 1. The molecule has 4 nitrogen and oxygen atoms in total. The zero-order valence-electron chi connectivity index (χ0n) is 16.0. The van der Waals surface area contributed by atoms with Crippen molar-refractivity contribution in [3.8, 4) is 5.75 Å². The fraction of sp³-hybridized carbons (Fsp3) is 0.273. The van der Waals surface area contributed by atoms with E-state index in [1.807, 2.05) is 36.6 Å². The summed E-state index contributed by atoms with van der Waals surface area (Å²) in [5.74, 6) is 1.32. The molecule has 0 radical (unpaired) electrons. The number of ether oxygens (including phenoxy) is 1. The number of aromatic nitrogens is 1. The van der Waals surface area contributed by atoms with Gasteiger partial charge in [0, 0.05) is 16.0 Å². The fourth-order valence-corrected chi connectivity index (χ4v) is 5.01. The average molecular weight is 429 g/mol. The largest absolute Gasteiger partial charge is 0.486 e. The van der Waals surface area contributed by atoms with Gasteiger partial charge in [0.05, 0.1) is 18.2 Å². The molecule has 1 unspecified atom stereocenters. The molecule has 0 fully saturated rings. The van der Waals surface area contributed by atoms with Gasteiger partial charge in [-0.25, -0.2) is 9.37 Å². The van der Waals surface area contributed by atoms with E-state index in [9.17, 15) is 9.18 Å². The molecule has 0 saturated heterocycles. The molecule has 7 heteroatoms. The van der Waals surface area contributed by atoms with E-state index in [1.54, 1.807) is 17.8 Å². The third-order valence-electron chi connectivity index (χ3n) is 4.67. The molecule has 4 rings (SSSR count). The Morgan fingerprint density at radius 3 is 2.93 bits per heavy atom. The quantitative estimate of drug-likeness (QED) is 0.596. The molecule has 1 aliphatic rings. The van der Waals surface area contributed by atoms with Gasteiger partial charge in [-0.2, -0.15) is 0 Å². The lowest BCUT2D eigenvalue weighted by Gasteiger charge is -2.25. The normalized spacial score (nSPS) is 15.6. The maximum atomic E-state index is 13.6. The zero-order chi connectivity index (χ0) is 20.2. The molecular formula is C22H21FN2O2S2. The van der Waals surface area contributed by atoms with Gasteiger partial charge < -0.3 is 10.1 Å². The molecule has 1 N–H and O–H groups in total. The highest BCUT2D eigenvalue weighted by Gasteiger charge is 2.23. The summed E-state index contributed by atoms with van der Waals surface area (Å²) in [5, 5.41) is 5.75. The second-order valence-electron chi connectivity index (χ2n) is 6.95. The van der Waals surface area contributed by atoms with Crippen molar-refractivity contribution in [1.82, 2.24) is 10.3 Å². The van der Waals surface area contributed by atoms with Crippen LogP contribution in [0.25, 0.3) is 0 Å². The van der Waals surface area contributed by atoms with Crippen molar-refractivity contribution in [2.24, 2.45) is 0 Å². The van der Waals surface area contributed by atoms with Crippen LogP contribution in [0, 0.1) is 12.7 Å². The van der Waals surface area contributed by atoms with Crippen LogP contribution in [-0.4, -0.2) is 16.6 Å². The molecule has 0 saturated carbocycles. The van der Waals surface area contributed by atoms with Crippen LogP contribution in [0.1, 0.15) is 34.3 Å². The number of rotatable bonds is 6. The van der Waals surface area contributed by atoms with E-state index in [0.717, 1.165) is 39.1 Å². The number of fused-ring (bicyclic) bond motifs is 1. The Hall–Kier alpha value is -2.38. The van der Waals surface area contributed by atoms with E-state index in [-0.39, 0.29) is 24.2 Å². The SMILES string of the molecule is Cc1ccc(OCc2nc(CC(=O)NC3CCSc4ccc(F)cc43)cs2)cc1. The summed E-state index contributed by atoms with van der Waals surface area (Å²) in [6, 6.07) is 12.5. The number of hydrogen-bond acceptors (Lipinski definition) is 5. The Balaban J connectivity index is 1.33. The molecule has 150 valence electrons. The average Bonchev–Trinajstić information content (AvgIpc) is 3.15. The number of benzene rings is 2. The highest BCUT2D eigenvalue weighted by molar-refractivity contribution is 7.99. The van der Waals surface area contributed by atoms with Crippen LogP contribution in [0.5, 0.6) is 5.75 Å². The van der Waals surface area contributed by atoms with Gasteiger partial charge >= 0.3 is 0 Å². The number of hydrogen-bond donors (Lipinski definition) is 1. The number of nitrogens with zero attached hydrogens (tertiary/aromatic N) is 1. The first-order valence-corrected chi connectivity index (χ1v) is 11.3. The minimum Gasteiger partial charge on any atom is -0.486 e. The number of carbonyl (C=O) groups excluding carboxylic acids is 1. The zero-order valence-corrected chi connectivity index (χ0v) is 17.6. The number of amides is 1. The van der Waals surface area contributed by atoms with Crippen molar-refractivity contribution in [1.29, 1.82) is 0 Å². The first-order chi connectivity index (χ1) is 14.1. The van der Waals surface area contributed by atoms with Crippen LogP contribution in [0.4, 0.5) is 4.39 Å². The summed E-state index contributed by atoms with van der Waals surface area (Å²) in [5.41, 5.74) is 2.77. The minimum atomic E-state index is -0.275. The minimum absolute atomic E-state index is 0.103. The van der Waals surface area contributed by atoms with Crippen molar-refractivity contribution < 1.29 is 13.9 Å². The van der Waals surface area contributed by atoms with Crippen molar-refractivity contribution in [2.45, 2.75) is 37.3 Å². The second kappa shape index (κ2) is 8.97. The summed E-state index contributed by atoms with van der Waals surface area (Å²) in [6.45, 7) is 2.41. The van der Waals surface area contributed by atoms with Crippen LogP contribution < -0.4 is 10.1 Å². The van der Waals surface area contributed by atoms with Crippen LogP contribution in [0.2, 0.25) is 0 Å². The van der Waals surface area contributed by atoms with E-state index < -0.39 is 0 Å². The van der Waals surface area contributed by atoms with Gasteiger partial charge in [0.2, 0.25) is 5.91 Å². The Labute approximate surface area is 177 Å². The fourth-order valence-electron chi connectivity index (χ4n) is 3.20. The second-order valence-corrected chi connectivity index (χ2v) is 9.03. The predicted molar refractivity (Wildman–Crippen MR) is 114 cm³/mol. The first kappa shape index (κ1) is 19.9. The number of thiazole rings is 1. The van der Waals surface area contributed by atoms with Crippen molar-refractivity contribution in [2.75, 3.05) is 5.75 Å². The van der Waals surface area contributed by atoms with Gasteiger partial charge in [-0.3, -0.25) is 4.79 Å². The molecule has 0 bridgehead atoms. The third kappa shape index (κ3) is 5.16. The molecule has 2 heterocycles. The van der Waals surface area contributed by atoms with E-state index in [2.05, 4.69) is 10.3 Å². The van der Waals surface area contributed by atoms with E-state index in [4.69, 9.17) is 4.74 Å². The van der Waals surface area contributed by atoms with Crippen LogP contribution in [0.3, 0.4) is 0 Å². The van der Waals surface area contributed by atoms with Gasteiger partial charge in [0.15, 0.2) is 0 Å². The van der Waals surface area contributed by atoms with E-state index in [1.165, 1.54) is 29.0 Å². The Morgan fingerprint density at radius 1 is 1.28 bits per heavy atom. The number of halogens is 1. The molecule has 1 amide bonds. The predicted octanol–water partition coefficient (Wildman–Crippen LogP) is 5.07. The molecule has 0 spiro atoms. The Kier molecular flexibility index (Phi) is 6.16. The van der Waals surface area contributed by atoms with Gasteiger partial charge in [0.1, 0.15) is 23.2 Å². The summed E-state index contributed by atoms with van der Waals surface area (Å²) in [7, 11) is 0. The van der Waals surface area contributed by atoms with Gasteiger partial charge in [0.25, 0.3) is 0 Å². The molecule has 1 aromatic heterocycles. The first-order valence-electron chi connectivity index (χ1n) is 9.41. The molecule has 1 aliphatic heterocycles. The molecule has 2 aromatic carbocycles. The molecular weight excluding hydrogens is 407 g/mol. The highest BCUT2D eigenvalue weighted by Crippen LogP contribution is 2.36. The van der Waals surface area contributed by atoms with E-state index in [0.29, 0.717) is 6.61 Å². The van der Waals surface area contributed by atoms with Crippen LogP contribution in [-0.2, 0) is 17.8 Å².